The third-order valence-corrected chi connectivity index (χ3v) is 6.86. The summed E-state index contributed by atoms with van der Waals surface area (Å²) in [4.78, 5) is 29.0. The molecule has 0 radical (unpaired) electrons. The van der Waals surface area contributed by atoms with E-state index >= 15 is 0 Å². The molecule has 5 rings (SSSR count). The van der Waals surface area contributed by atoms with Crippen molar-refractivity contribution in [2.75, 3.05) is 5.32 Å². The number of Topliss-reactive ketones (excluding diaryl/α,β-unsaturated/α-hetero) is 1. The fourth-order valence-electron chi connectivity index (χ4n) is 4.55. The van der Waals surface area contributed by atoms with Crippen LogP contribution in [-0.4, -0.2) is 16.9 Å². The minimum atomic E-state index is -0.612. The van der Waals surface area contributed by atoms with E-state index in [1.807, 2.05) is 61.5 Å². The summed E-state index contributed by atoms with van der Waals surface area (Å²) >= 11 is 0. The van der Waals surface area contributed by atoms with Crippen LogP contribution in [0.25, 0.3) is 22.4 Å². The maximum atomic E-state index is 12.5. The third-order valence-electron chi connectivity index (χ3n) is 6.86. The summed E-state index contributed by atoms with van der Waals surface area (Å²) in [6.45, 7) is 5.23. The fraction of sp³-hybridized carbons (Fsp3) is 0.233. The fourth-order valence-corrected chi connectivity index (χ4v) is 4.55. The lowest BCUT2D eigenvalue weighted by Crippen LogP contribution is -2.16. The molecule has 3 aromatic carbocycles. The van der Waals surface area contributed by atoms with E-state index in [0.717, 1.165) is 40.7 Å². The van der Waals surface area contributed by atoms with Crippen LogP contribution < -0.4 is 5.32 Å². The van der Waals surface area contributed by atoms with Crippen LogP contribution in [0, 0.1) is 6.92 Å². The molecule has 0 saturated heterocycles. The third kappa shape index (κ3) is 4.67. The largest absolute Gasteiger partial charge is 0.441 e. The summed E-state index contributed by atoms with van der Waals surface area (Å²) < 4.78 is 11.2. The number of oxazole rings is 1. The highest BCUT2D eigenvalue weighted by Gasteiger charge is 2.48. The normalized spacial score (nSPS) is 14.6. The molecule has 0 bridgehead atoms. The number of anilines is 1. The Morgan fingerprint density at radius 1 is 0.917 bits per heavy atom. The number of hydrogen-bond acceptors (Lipinski definition) is 5. The molecule has 1 atom stereocenters. The van der Waals surface area contributed by atoms with Gasteiger partial charge in [-0.3, -0.25) is 10.1 Å². The van der Waals surface area contributed by atoms with E-state index in [4.69, 9.17) is 9.15 Å². The molecule has 1 N–H and O–H groups in total. The number of carbonyl (C=O) groups is 2. The van der Waals surface area contributed by atoms with Crippen LogP contribution in [0.15, 0.2) is 83.3 Å². The molecule has 6 heteroatoms. The minimum absolute atomic E-state index is 0.241. The average molecular weight is 481 g/mol. The van der Waals surface area contributed by atoms with Gasteiger partial charge in [-0.1, -0.05) is 78.9 Å². The lowest BCUT2D eigenvalue weighted by Gasteiger charge is -2.14. The topological polar surface area (TPSA) is 81.4 Å². The number of hydrogen-bond donors (Lipinski definition) is 1. The second kappa shape index (κ2) is 9.46. The Morgan fingerprint density at radius 2 is 1.50 bits per heavy atom. The molecule has 36 heavy (non-hydrogen) atoms. The number of aryl methyl sites for hydroxylation is 1. The summed E-state index contributed by atoms with van der Waals surface area (Å²) in [7, 11) is 0. The van der Waals surface area contributed by atoms with Crippen molar-refractivity contribution in [1.82, 2.24) is 4.98 Å². The number of amides is 1. The summed E-state index contributed by atoms with van der Waals surface area (Å²) in [5, 5.41) is 2.69. The molecule has 6 nitrogen and oxygen atoms in total. The predicted octanol–water partition coefficient (Wildman–Crippen LogP) is 7.25. The summed E-state index contributed by atoms with van der Waals surface area (Å²) in [6, 6.07) is 25.7. The number of carbonyl (C=O) groups excluding carboxylic acids is 2. The highest BCUT2D eigenvalue weighted by molar-refractivity contribution is 5.91. The number of rotatable bonds is 7. The van der Waals surface area contributed by atoms with Crippen molar-refractivity contribution in [1.29, 1.82) is 0 Å². The van der Waals surface area contributed by atoms with Crippen molar-refractivity contribution >= 4 is 17.8 Å². The van der Waals surface area contributed by atoms with Crippen molar-refractivity contribution in [3.05, 3.63) is 95.9 Å². The van der Waals surface area contributed by atoms with Gasteiger partial charge in [-0.05, 0) is 48.9 Å². The summed E-state index contributed by atoms with van der Waals surface area (Å²) in [5.41, 5.74) is 5.19. The Morgan fingerprint density at radius 3 is 2.08 bits per heavy atom. The van der Waals surface area contributed by atoms with E-state index in [9.17, 15) is 9.59 Å². The first-order valence-corrected chi connectivity index (χ1v) is 12.1. The Bertz CT molecular complexity index is 1390. The van der Waals surface area contributed by atoms with Crippen LogP contribution in [0.1, 0.15) is 49.8 Å². The Labute approximate surface area is 210 Å². The predicted molar refractivity (Wildman–Crippen MR) is 139 cm³/mol. The van der Waals surface area contributed by atoms with Crippen molar-refractivity contribution in [2.45, 2.75) is 45.1 Å². The van der Waals surface area contributed by atoms with Gasteiger partial charge in [-0.25, -0.2) is 9.78 Å². The first-order chi connectivity index (χ1) is 17.4. The van der Waals surface area contributed by atoms with Gasteiger partial charge in [0.05, 0.1) is 5.41 Å². The van der Waals surface area contributed by atoms with E-state index in [-0.39, 0.29) is 17.1 Å². The lowest BCUT2D eigenvalue weighted by molar-refractivity contribution is -0.119. The highest BCUT2D eigenvalue weighted by atomic mass is 16.6. The Balaban J connectivity index is 1.30. The van der Waals surface area contributed by atoms with Crippen molar-refractivity contribution in [2.24, 2.45) is 0 Å². The summed E-state index contributed by atoms with van der Waals surface area (Å²) in [5.74, 6) is 0.926. The number of nitrogens with one attached hydrogen (secondary N) is 1. The molecule has 1 aliphatic rings. The highest BCUT2D eigenvalue weighted by Crippen LogP contribution is 2.49. The molecule has 4 aromatic rings. The molecule has 0 unspecified atom stereocenters. The molecule has 1 saturated carbocycles. The maximum Gasteiger partial charge on any atom is 0.414 e. The second-order valence-electron chi connectivity index (χ2n) is 9.29. The van der Waals surface area contributed by atoms with Crippen LogP contribution in [0.2, 0.25) is 0 Å². The zero-order valence-electron chi connectivity index (χ0n) is 20.6. The van der Waals surface area contributed by atoms with Gasteiger partial charge in [0.25, 0.3) is 0 Å². The SMILES string of the molecule is CC(=O)C1(c2ccc(-c3ccc(-c4nc(C)oc4NC(=O)O[C@H](C)c4ccccc4)cc3)cc2)CC1. The van der Waals surface area contributed by atoms with Crippen LogP contribution in [-0.2, 0) is 14.9 Å². The van der Waals surface area contributed by atoms with Gasteiger partial charge in [0.1, 0.15) is 17.6 Å². The quantitative estimate of drug-likeness (QED) is 0.301. The van der Waals surface area contributed by atoms with E-state index in [1.54, 1.807) is 13.8 Å². The van der Waals surface area contributed by atoms with Crippen LogP contribution in [0.5, 0.6) is 0 Å². The molecule has 0 aliphatic heterocycles. The zero-order chi connectivity index (χ0) is 25.3. The Kier molecular flexibility index (Phi) is 6.18. The van der Waals surface area contributed by atoms with E-state index < -0.39 is 12.2 Å². The van der Waals surface area contributed by atoms with E-state index in [1.165, 1.54) is 0 Å². The standard InChI is InChI=1S/C30H28N2O4/c1-19(22-7-5-4-6-8-22)35-29(34)32-28-27(31-21(3)36-28)25-11-9-23(10-12-25)24-13-15-26(16-14-24)30(17-18-30)20(2)33/h4-16,19H,17-18H2,1-3H3,(H,32,34)/t19-/m1/s1. The number of ketones is 1. The molecular weight excluding hydrogens is 452 g/mol. The van der Waals surface area contributed by atoms with Crippen LogP contribution in [0.4, 0.5) is 10.7 Å². The van der Waals surface area contributed by atoms with Crippen LogP contribution in [0.3, 0.4) is 0 Å². The van der Waals surface area contributed by atoms with Crippen molar-refractivity contribution in [3.8, 4) is 22.4 Å². The van der Waals surface area contributed by atoms with Gasteiger partial charge >= 0.3 is 6.09 Å². The van der Waals surface area contributed by atoms with Crippen molar-refractivity contribution < 1.29 is 18.7 Å². The van der Waals surface area contributed by atoms with Gasteiger partial charge in [-0.2, -0.15) is 0 Å². The van der Waals surface area contributed by atoms with Gasteiger partial charge in [0.2, 0.25) is 5.88 Å². The minimum Gasteiger partial charge on any atom is -0.441 e. The molecule has 182 valence electrons. The van der Waals surface area contributed by atoms with E-state index in [0.29, 0.717) is 11.6 Å². The molecule has 1 heterocycles. The van der Waals surface area contributed by atoms with Gasteiger partial charge in [0.15, 0.2) is 5.89 Å². The first kappa shape index (κ1) is 23.5. The smallest absolute Gasteiger partial charge is 0.414 e. The number of aromatic nitrogens is 1. The first-order valence-electron chi connectivity index (χ1n) is 12.1. The molecule has 1 fully saturated rings. The molecule has 1 aromatic heterocycles. The molecule has 0 spiro atoms. The maximum absolute atomic E-state index is 12.5. The average Bonchev–Trinajstić information content (AvgIpc) is 3.63. The summed E-state index contributed by atoms with van der Waals surface area (Å²) in [6.07, 6.45) is 0.847. The van der Waals surface area contributed by atoms with Gasteiger partial charge in [-0.15, -0.1) is 0 Å². The molecule has 1 aliphatic carbocycles. The van der Waals surface area contributed by atoms with Crippen LogP contribution >= 0.6 is 0 Å². The molecule has 1 amide bonds. The number of ether oxygens (including phenoxy) is 1. The van der Waals surface area contributed by atoms with Gasteiger partial charge < -0.3 is 9.15 Å². The van der Waals surface area contributed by atoms with E-state index in [2.05, 4.69) is 34.6 Å². The zero-order valence-corrected chi connectivity index (χ0v) is 20.6. The second-order valence-corrected chi connectivity index (χ2v) is 9.29. The number of benzene rings is 3. The van der Waals surface area contributed by atoms with Crippen molar-refractivity contribution in [3.63, 3.8) is 0 Å². The van der Waals surface area contributed by atoms with Gasteiger partial charge in [0, 0.05) is 12.5 Å². The lowest BCUT2D eigenvalue weighted by atomic mass is 9.90. The monoisotopic (exact) mass is 480 g/mol. The molecular formula is C30H28N2O4. The Hall–Kier alpha value is -4.19. The number of nitrogens with zero attached hydrogens (tertiary/aromatic N) is 1.